The van der Waals surface area contributed by atoms with E-state index in [0.717, 1.165) is 24.2 Å². The number of aryl methyl sites for hydroxylation is 1. The van der Waals surface area contributed by atoms with Crippen molar-refractivity contribution < 1.29 is 9.84 Å². The van der Waals surface area contributed by atoms with Crippen LogP contribution in [0.5, 0.6) is 5.75 Å². The number of rotatable bonds is 1. The van der Waals surface area contributed by atoms with Crippen molar-refractivity contribution >= 4 is 11.6 Å². The largest absolute Gasteiger partial charge is 0.508 e. The van der Waals surface area contributed by atoms with E-state index in [1.807, 2.05) is 6.92 Å². The van der Waals surface area contributed by atoms with Gasteiger partial charge in [0, 0.05) is 23.7 Å². The van der Waals surface area contributed by atoms with Gasteiger partial charge in [-0.15, -0.1) is 0 Å². The molecule has 2 N–H and O–H groups in total. The van der Waals surface area contributed by atoms with Crippen LogP contribution >= 0.6 is 11.6 Å². The van der Waals surface area contributed by atoms with Crippen molar-refractivity contribution in [2.75, 3.05) is 19.7 Å². The minimum absolute atomic E-state index is 0.0583. The first kappa shape index (κ1) is 10.7. The number of benzene rings is 1. The molecular formula is C11H14ClNO2. The Balaban J connectivity index is 2.33. The summed E-state index contributed by atoms with van der Waals surface area (Å²) < 4.78 is 5.60. The average molecular weight is 228 g/mol. The lowest BCUT2D eigenvalue weighted by molar-refractivity contribution is 0.0276. The van der Waals surface area contributed by atoms with Crippen molar-refractivity contribution in [1.82, 2.24) is 5.32 Å². The Hall–Kier alpha value is -0.770. The molecule has 0 aromatic heterocycles. The fourth-order valence-electron chi connectivity index (χ4n) is 1.78. The molecule has 1 fully saturated rings. The average Bonchev–Trinajstić information content (AvgIpc) is 2.24. The number of morpholine rings is 1. The third-order valence-corrected chi connectivity index (χ3v) is 3.06. The molecule has 0 amide bonds. The molecule has 1 unspecified atom stereocenters. The Morgan fingerprint density at radius 1 is 1.53 bits per heavy atom. The minimum atomic E-state index is -0.0583. The first-order chi connectivity index (χ1) is 7.18. The summed E-state index contributed by atoms with van der Waals surface area (Å²) in [7, 11) is 0. The topological polar surface area (TPSA) is 41.5 Å². The highest BCUT2D eigenvalue weighted by molar-refractivity contribution is 6.32. The lowest BCUT2D eigenvalue weighted by Crippen LogP contribution is -2.33. The van der Waals surface area contributed by atoms with Crippen molar-refractivity contribution in [3.05, 3.63) is 28.3 Å². The van der Waals surface area contributed by atoms with Crippen LogP contribution in [0.1, 0.15) is 17.2 Å². The van der Waals surface area contributed by atoms with Crippen LogP contribution in [-0.2, 0) is 4.74 Å². The molecule has 1 aromatic carbocycles. The second kappa shape index (κ2) is 4.39. The van der Waals surface area contributed by atoms with E-state index in [-0.39, 0.29) is 11.9 Å². The van der Waals surface area contributed by atoms with Crippen molar-refractivity contribution in [2.45, 2.75) is 13.0 Å². The summed E-state index contributed by atoms with van der Waals surface area (Å²) in [6.45, 7) is 4.16. The van der Waals surface area contributed by atoms with E-state index in [1.165, 1.54) is 0 Å². The van der Waals surface area contributed by atoms with Crippen molar-refractivity contribution in [1.29, 1.82) is 0 Å². The van der Waals surface area contributed by atoms with Crippen LogP contribution in [0.3, 0.4) is 0 Å². The fourth-order valence-corrected chi connectivity index (χ4v) is 2.01. The molecule has 1 heterocycles. The van der Waals surface area contributed by atoms with Crippen LogP contribution in [-0.4, -0.2) is 24.8 Å². The highest BCUT2D eigenvalue weighted by atomic mass is 35.5. The van der Waals surface area contributed by atoms with E-state index >= 15 is 0 Å². The molecule has 3 nitrogen and oxygen atoms in total. The molecule has 1 aromatic rings. The molecule has 2 rings (SSSR count). The number of halogens is 1. The Labute approximate surface area is 94.0 Å². The van der Waals surface area contributed by atoms with Crippen LogP contribution in [0.4, 0.5) is 0 Å². The maximum absolute atomic E-state index is 9.51. The standard InChI is InChI=1S/C11H14ClNO2/c1-7-4-8(14)5-9(11(7)12)10-6-13-2-3-15-10/h4-5,10,13-14H,2-3,6H2,1H3. The second-order valence-electron chi connectivity index (χ2n) is 3.73. The summed E-state index contributed by atoms with van der Waals surface area (Å²) in [6.07, 6.45) is -0.0583. The summed E-state index contributed by atoms with van der Waals surface area (Å²) in [5.41, 5.74) is 1.74. The molecule has 15 heavy (non-hydrogen) atoms. The zero-order valence-corrected chi connectivity index (χ0v) is 9.34. The van der Waals surface area contributed by atoms with E-state index in [4.69, 9.17) is 16.3 Å². The molecule has 82 valence electrons. The van der Waals surface area contributed by atoms with Gasteiger partial charge in [0.05, 0.1) is 12.7 Å². The zero-order chi connectivity index (χ0) is 10.8. The fraction of sp³-hybridized carbons (Fsp3) is 0.455. The number of phenols is 1. The van der Waals surface area contributed by atoms with E-state index in [0.29, 0.717) is 11.6 Å². The number of aromatic hydroxyl groups is 1. The van der Waals surface area contributed by atoms with Gasteiger partial charge >= 0.3 is 0 Å². The third-order valence-electron chi connectivity index (χ3n) is 2.54. The molecule has 0 saturated carbocycles. The summed E-state index contributed by atoms with van der Waals surface area (Å²) >= 11 is 6.18. The van der Waals surface area contributed by atoms with Crippen LogP contribution in [0.2, 0.25) is 5.02 Å². The lowest BCUT2D eigenvalue weighted by Gasteiger charge is -2.25. The van der Waals surface area contributed by atoms with Gasteiger partial charge in [0.15, 0.2) is 0 Å². The van der Waals surface area contributed by atoms with E-state index < -0.39 is 0 Å². The predicted octanol–water partition coefficient (Wildman–Crippen LogP) is 2.01. The molecule has 1 aliphatic heterocycles. The molecule has 0 aliphatic carbocycles. The SMILES string of the molecule is Cc1cc(O)cc(C2CNCCO2)c1Cl. The molecule has 1 saturated heterocycles. The molecule has 0 spiro atoms. The zero-order valence-electron chi connectivity index (χ0n) is 8.59. The first-order valence-electron chi connectivity index (χ1n) is 5.00. The summed E-state index contributed by atoms with van der Waals surface area (Å²) in [5.74, 6) is 0.237. The van der Waals surface area contributed by atoms with E-state index in [2.05, 4.69) is 5.32 Å². The number of phenolic OH excluding ortho intramolecular Hbond substituents is 1. The van der Waals surface area contributed by atoms with Crippen LogP contribution in [0.25, 0.3) is 0 Å². The van der Waals surface area contributed by atoms with Crippen molar-refractivity contribution in [3.63, 3.8) is 0 Å². The van der Waals surface area contributed by atoms with Crippen molar-refractivity contribution in [2.24, 2.45) is 0 Å². The van der Waals surface area contributed by atoms with Gasteiger partial charge < -0.3 is 15.2 Å². The van der Waals surface area contributed by atoms with Crippen LogP contribution < -0.4 is 5.32 Å². The van der Waals surface area contributed by atoms with Gasteiger partial charge in [-0.05, 0) is 24.6 Å². The third kappa shape index (κ3) is 2.25. The normalized spacial score (nSPS) is 21.6. The van der Waals surface area contributed by atoms with Gasteiger partial charge in [-0.25, -0.2) is 0 Å². The molecule has 0 radical (unpaired) electrons. The summed E-state index contributed by atoms with van der Waals surface area (Å²) in [6, 6.07) is 3.33. The number of hydrogen-bond donors (Lipinski definition) is 2. The molecule has 0 bridgehead atoms. The van der Waals surface area contributed by atoms with E-state index in [1.54, 1.807) is 12.1 Å². The van der Waals surface area contributed by atoms with Gasteiger partial charge in [-0.1, -0.05) is 11.6 Å². The van der Waals surface area contributed by atoms with E-state index in [9.17, 15) is 5.11 Å². The van der Waals surface area contributed by atoms with Crippen LogP contribution in [0.15, 0.2) is 12.1 Å². The summed E-state index contributed by atoms with van der Waals surface area (Å²) in [4.78, 5) is 0. The second-order valence-corrected chi connectivity index (χ2v) is 4.11. The van der Waals surface area contributed by atoms with Gasteiger partial charge in [0.2, 0.25) is 0 Å². The number of ether oxygens (including phenoxy) is 1. The Morgan fingerprint density at radius 2 is 2.33 bits per heavy atom. The van der Waals surface area contributed by atoms with Gasteiger partial charge in [-0.3, -0.25) is 0 Å². The Bertz CT molecular complexity index is 362. The molecule has 1 atom stereocenters. The van der Waals surface area contributed by atoms with Crippen molar-refractivity contribution in [3.8, 4) is 5.75 Å². The minimum Gasteiger partial charge on any atom is -0.508 e. The molecular weight excluding hydrogens is 214 g/mol. The van der Waals surface area contributed by atoms with Crippen LogP contribution in [0, 0.1) is 6.92 Å². The quantitative estimate of drug-likeness (QED) is 0.771. The van der Waals surface area contributed by atoms with Gasteiger partial charge in [-0.2, -0.15) is 0 Å². The Morgan fingerprint density at radius 3 is 3.00 bits per heavy atom. The monoisotopic (exact) mass is 227 g/mol. The van der Waals surface area contributed by atoms with Gasteiger partial charge in [0.25, 0.3) is 0 Å². The first-order valence-corrected chi connectivity index (χ1v) is 5.37. The predicted molar refractivity (Wildman–Crippen MR) is 59.4 cm³/mol. The molecule has 1 aliphatic rings. The van der Waals surface area contributed by atoms with Gasteiger partial charge in [0.1, 0.15) is 5.75 Å². The highest BCUT2D eigenvalue weighted by Gasteiger charge is 2.19. The molecule has 4 heteroatoms. The summed E-state index contributed by atoms with van der Waals surface area (Å²) in [5, 5.41) is 13.4. The highest BCUT2D eigenvalue weighted by Crippen LogP contribution is 2.32. The number of nitrogens with one attached hydrogen (secondary N) is 1. The maximum Gasteiger partial charge on any atom is 0.116 e. The maximum atomic E-state index is 9.51. The lowest BCUT2D eigenvalue weighted by atomic mass is 10.0. The Kier molecular flexibility index (Phi) is 3.14. The number of hydrogen-bond acceptors (Lipinski definition) is 3. The smallest absolute Gasteiger partial charge is 0.116 e.